The van der Waals surface area contributed by atoms with Crippen molar-refractivity contribution >= 4 is 5.78 Å². The predicted octanol–water partition coefficient (Wildman–Crippen LogP) is 1.70. The molecule has 1 unspecified atom stereocenters. The molecule has 1 atom stereocenters. The molecule has 0 amide bonds. The number of epoxide rings is 1. The van der Waals surface area contributed by atoms with Crippen LogP contribution in [-0.4, -0.2) is 51.5 Å². The lowest BCUT2D eigenvalue weighted by molar-refractivity contribution is 0.0317. The van der Waals surface area contributed by atoms with E-state index in [4.69, 9.17) is 18.9 Å². The molecule has 1 saturated heterocycles. The van der Waals surface area contributed by atoms with Crippen LogP contribution in [0.3, 0.4) is 0 Å². The SMILES string of the molecule is CC(=O)c1ccc(OCCOCCOCC2CO2)cc1. The first kappa shape index (κ1) is 15.0. The normalized spacial score (nSPS) is 16.9. The number of carbonyl (C=O) groups is 1. The number of hydrogen-bond donors (Lipinski definition) is 0. The van der Waals surface area contributed by atoms with E-state index < -0.39 is 0 Å². The molecule has 5 nitrogen and oxygen atoms in total. The highest BCUT2D eigenvalue weighted by Gasteiger charge is 2.21. The molecule has 0 N–H and O–H groups in total. The summed E-state index contributed by atoms with van der Waals surface area (Å²) < 4.78 is 21.2. The maximum Gasteiger partial charge on any atom is 0.159 e. The van der Waals surface area contributed by atoms with Gasteiger partial charge >= 0.3 is 0 Å². The van der Waals surface area contributed by atoms with Crippen LogP contribution in [0, 0.1) is 0 Å². The van der Waals surface area contributed by atoms with Crippen molar-refractivity contribution < 1.29 is 23.7 Å². The van der Waals surface area contributed by atoms with Gasteiger partial charge in [-0.15, -0.1) is 0 Å². The molecule has 1 aliphatic heterocycles. The summed E-state index contributed by atoms with van der Waals surface area (Å²) in [6.45, 7) is 5.13. The van der Waals surface area contributed by atoms with Crippen molar-refractivity contribution in [2.24, 2.45) is 0 Å². The first-order valence-electron chi connectivity index (χ1n) is 6.76. The van der Waals surface area contributed by atoms with Crippen molar-refractivity contribution in [1.82, 2.24) is 0 Å². The van der Waals surface area contributed by atoms with Gasteiger partial charge in [-0.05, 0) is 31.2 Å². The Morgan fingerprint density at radius 3 is 2.45 bits per heavy atom. The summed E-state index contributed by atoms with van der Waals surface area (Å²) in [5.74, 6) is 0.789. The average Bonchev–Trinajstić information content (AvgIpc) is 3.26. The summed E-state index contributed by atoms with van der Waals surface area (Å²) in [5.41, 5.74) is 0.686. The fourth-order valence-corrected chi connectivity index (χ4v) is 1.60. The highest BCUT2D eigenvalue weighted by atomic mass is 16.6. The lowest BCUT2D eigenvalue weighted by Gasteiger charge is -2.07. The van der Waals surface area contributed by atoms with Gasteiger partial charge < -0.3 is 18.9 Å². The van der Waals surface area contributed by atoms with Crippen LogP contribution >= 0.6 is 0 Å². The second-order valence-electron chi connectivity index (χ2n) is 4.57. The second-order valence-corrected chi connectivity index (χ2v) is 4.57. The Bertz CT molecular complexity index is 411. The largest absolute Gasteiger partial charge is 0.491 e. The molecule has 1 heterocycles. The van der Waals surface area contributed by atoms with E-state index in [0.29, 0.717) is 44.7 Å². The maximum atomic E-state index is 11.1. The first-order valence-corrected chi connectivity index (χ1v) is 6.76. The molecule has 1 aliphatic rings. The molecular weight excluding hydrogens is 260 g/mol. The van der Waals surface area contributed by atoms with Gasteiger partial charge in [-0.3, -0.25) is 4.79 Å². The fourth-order valence-electron chi connectivity index (χ4n) is 1.60. The Hall–Kier alpha value is -1.43. The van der Waals surface area contributed by atoms with E-state index >= 15 is 0 Å². The molecular formula is C15H20O5. The molecule has 1 fully saturated rings. The van der Waals surface area contributed by atoms with Gasteiger partial charge in [0.2, 0.25) is 0 Å². The molecule has 0 bridgehead atoms. The van der Waals surface area contributed by atoms with Gasteiger partial charge in [-0.2, -0.15) is 0 Å². The Labute approximate surface area is 118 Å². The highest BCUT2D eigenvalue weighted by Crippen LogP contribution is 2.12. The van der Waals surface area contributed by atoms with Gasteiger partial charge in [0.15, 0.2) is 5.78 Å². The minimum Gasteiger partial charge on any atom is -0.491 e. The van der Waals surface area contributed by atoms with Gasteiger partial charge in [-0.1, -0.05) is 0 Å². The summed E-state index contributed by atoms with van der Waals surface area (Å²) in [4.78, 5) is 11.1. The summed E-state index contributed by atoms with van der Waals surface area (Å²) in [6, 6.07) is 7.09. The zero-order valence-corrected chi connectivity index (χ0v) is 11.7. The van der Waals surface area contributed by atoms with E-state index in [0.717, 1.165) is 12.4 Å². The van der Waals surface area contributed by atoms with E-state index in [1.54, 1.807) is 31.2 Å². The van der Waals surface area contributed by atoms with Crippen LogP contribution in [0.4, 0.5) is 0 Å². The van der Waals surface area contributed by atoms with E-state index in [-0.39, 0.29) is 5.78 Å². The monoisotopic (exact) mass is 280 g/mol. The van der Waals surface area contributed by atoms with Gasteiger partial charge in [0.25, 0.3) is 0 Å². The van der Waals surface area contributed by atoms with Crippen LogP contribution in [0.1, 0.15) is 17.3 Å². The van der Waals surface area contributed by atoms with E-state index in [9.17, 15) is 4.79 Å². The van der Waals surface area contributed by atoms with Crippen molar-refractivity contribution in [1.29, 1.82) is 0 Å². The molecule has 0 spiro atoms. The summed E-state index contributed by atoms with van der Waals surface area (Å²) in [5, 5.41) is 0. The molecule has 0 aromatic heterocycles. The van der Waals surface area contributed by atoms with Crippen LogP contribution < -0.4 is 4.74 Å². The number of Topliss-reactive ketones (excluding diaryl/α,β-unsaturated/α-hetero) is 1. The van der Waals surface area contributed by atoms with Crippen molar-refractivity contribution in [2.45, 2.75) is 13.0 Å². The number of carbonyl (C=O) groups excluding carboxylic acids is 1. The molecule has 2 rings (SSSR count). The van der Waals surface area contributed by atoms with Crippen molar-refractivity contribution in [3.63, 3.8) is 0 Å². The molecule has 5 heteroatoms. The minimum atomic E-state index is 0.0523. The van der Waals surface area contributed by atoms with Crippen LogP contribution in [0.5, 0.6) is 5.75 Å². The first-order chi connectivity index (χ1) is 9.75. The molecule has 110 valence electrons. The van der Waals surface area contributed by atoms with Gasteiger partial charge in [-0.25, -0.2) is 0 Å². The van der Waals surface area contributed by atoms with Gasteiger partial charge in [0, 0.05) is 5.56 Å². The van der Waals surface area contributed by atoms with Crippen molar-refractivity contribution in [3.05, 3.63) is 29.8 Å². The highest BCUT2D eigenvalue weighted by molar-refractivity contribution is 5.94. The number of benzene rings is 1. The van der Waals surface area contributed by atoms with Crippen molar-refractivity contribution in [2.75, 3.05) is 39.6 Å². The van der Waals surface area contributed by atoms with E-state index in [1.807, 2.05) is 0 Å². The molecule has 0 aliphatic carbocycles. The fraction of sp³-hybridized carbons (Fsp3) is 0.533. The minimum absolute atomic E-state index is 0.0523. The Morgan fingerprint density at radius 2 is 1.80 bits per heavy atom. The second kappa shape index (κ2) is 7.99. The van der Waals surface area contributed by atoms with E-state index in [2.05, 4.69) is 0 Å². The Kier molecular flexibility index (Phi) is 5.98. The molecule has 0 radical (unpaired) electrons. The topological polar surface area (TPSA) is 57.3 Å². The lowest BCUT2D eigenvalue weighted by Crippen LogP contribution is -2.12. The Balaban J connectivity index is 1.48. The molecule has 0 saturated carbocycles. The predicted molar refractivity (Wildman–Crippen MR) is 73.3 cm³/mol. The summed E-state index contributed by atoms with van der Waals surface area (Å²) in [7, 11) is 0. The quantitative estimate of drug-likeness (QED) is 0.371. The smallest absolute Gasteiger partial charge is 0.159 e. The van der Waals surface area contributed by atoms with Crippen LogP contribution in [0.2, 0.25) is 0 Å². The van der Waals surface area contributed by atoms with Crippen molar-refractivity contribution in [3.8, 4) is 5.75 Å². The summed E-state index contributed by atoms with van der Waals surface area (Å²) in [6.07, 6.45) is 0.302. The average molecular weight is 280 g/mol. The standard InChI is InChI=1S/C15H20O5/c1-12(16)13-2-4-14(5-3-13)19-9-8-17-6-7-18-10-15-11-20-15/h2-5,15H,6-11H2,1H3. The van der Waals surface area contributed by atoms with Crippen LogP contribution in [0.25, 0.3) is 0 Å². The summed E-state index contributed by atoms with van der Waals surface area (Å²) >= 11 is 0. The zero-order valence-electron chi connectivity index (χ0n) is 11.7. The molecule has 1 aromatic rings. The van der Waals surface area contributed by atoms with Crippen LogP contribution in [0.15, 0.2) is 24.3 Å². The van der Waals surface area contributed by atoms with Crippen LogP contribution in [-0.2, 0) is 14.2 Å². The maximum absolute atomic E-state index is 11.1. The van der Waals surface area contributed by atoms with Gasteiger partial charge in [0.1, 0.15) is 18.5 Å². The van der Waals surface area contributed by atoms with E-state index in [1.165, 1.54) is 0 Å². The molecule has 20 heavy (non-hydrogen) atoms. The zero-order chi connectivity index (χ0) is 14.2. The third kappa shape index (κ3) is 5.69. The third-order valence-electron chi connectivity index (χ3n) is 2.84. The third-order valence-corrected chi connectivity index (χ3v) is 2.84. The number of ketones is 1. The molecule has 1 aromatic carbocycles. The lowest BCUT2D eigenvalue weighted by atomic mass is 10.1. The Morgan fingerprint density at radius 1 is 1.15 bits per heavy atom. The van der Waals surface area contributed by atoms with Gasteiger partial charge in [0.05, 0.1) is 33.0 Å². The number of rotatable bonds is 10. The number of ether oxygens (including phenoxy) is 4. The number of hydrogen-bond acceptors (Lipinski definition) is 5.